The average molecular weight is 119 g/mol. The fourth-order valence-corrected chi connectivity index (χ4v) is 0.425. The van der Waals surface area contributed by atoms with Gasteiger partial charge in [-0.15, -0.1) is 0 Å². The molecule has 3 N–H and O–H groups in total. The van der Waals surface area contributed by atoms with Gasteiger partial charge in [0.2, 0.25) is 0 Å². The second-order valence-electron chi connectivity index (χ2n) is 1.51. The van der Waals surface area contributed by atoms with Gasteiger partial charge in [0, 0.05) is 19.6 Å². The minimum atomic E-state index is -0.287. The van der Waals surface area contributed by atoms with Gasteiger partial charge in [-0.2, -0.15) is 0 Å². The van der Waals surface area contributed by atoms with Crippen LogP contribution in [0, 0.1) is 0 Å². The molecule has 50 valence electrons. The van der Waals surface area contributed by atoms with Gasteiger partial charge in [-0.05, 0) is 6.92 Å². The van der Waals surface area contributed by atoms with Crippen LogP contribution in [0.2, 0.25) is 0 Å². The van der Waals surface area contributed by atoms with E-state index in [4.69, 9.17) is 15.6 Å². The summed E-state index contributed by atoms with van der Waals surface area (Å²) >= 11 is 0. The molecule has 0 saturated heterocycles. The smallest absolute Gasteiger partial charge is 0.107 e. The van der Waals surface area contributed by atoms with E-state index in [9.17, 15) is 0 Å². The largest absolute Gasteiger partial charge is 0.396 e. The Morgan fingerprint density at radius 1 is 1.75 bits per heavy atom. The first-order valence-electron chi connectivity index (χ1n) is 2.79. The molecule has 0 spiro atoms. The summed E-state index contributed by atoms with van der Waals surface area (Å²) < 4.78 is 4.90. The van der Waals surface area contributed by atoms with Gasteiger partial charge >= 0.3 is 0 Å². The van der Waals surface area contributed by atoms with E-state index in [1.807, 2.05) is 6.92 Å². The molecule has 8 heavy (non-hydrogen) atoms. The number of hydrogen-bond acceptors (Lipinski definition) is 3. The highest BCUT2D eigenvalue weighted by molar-refractivity contribution is 4.43. The Kier molecular flexibility index (Phi) is 4.95. The summed E-state index contributed by atoms with van der Waals surface area (Å²) in [7, 11) is 0. The minimum absolute atomic E-state index is 0.0984. The van der Waals surface area contributed by atoms with Crippen LogP contribution in [0.25, 0.3) is 0 Å². The second kappa shape index (κ2) is 5.03. The third-order valence-electron chi connectivity index (χ3n) is 0.794. The van der Waals surface area contributed by atoms with Crippen LogP contribution in [-0.4, -0.2) is 24.5 Å². The van der Waals surface area contributed by atoms with Crippen molar-refractivity contribution in [3.8, 4) is 0 Å². The Morgan fingerprint density at radius 3 is 2.75 bits per heavy atom. The third kappa shape index (κ3) is 4.05. The highest BCUT2D eigenvalue weighted by Crippen LogP contribution is 1.86. The van der Waals surface area contributed by atoms with Crippen LogP contribution in [-0.2, 0) is 4.74 Å². The van der Waals surface area contributed by atoms with Crippen molar-refractivity contribution >= 4 is 0 Å². The molecule has 0 aromatic carbocycles. The van der Waals surface area contributed by atoms with Crippen molar-refractivity contribution in [3.05, 3.63) is 0 Å². The van der Waals surface area contributed by atoms with E-state index in [1.54, 1.807) is 0 Å². The first-order valence-corrected chi connectivity index (χ1v) is 2.79. The number of ether oxygens (including phenoxy) is 1. The summed E-state index contributed by atoms with van der Waals surface area (Å²) in [6.45, 7) is 2.58. The average Bonchev–Trinajstić information content (AvgIpc) is 1.68. The third-order valence-corrected chi connectivity index (χ3v) is 0.794. The molecule has 3 nitrogen and oxygen atoms in total. The van der Waals surface area contributed by atoms with Crippen LogP contribution in [0.3, 0.4) is 0 Å². The molecule has 0 aliphatic rings. The standard InChI is InChI=1S/C5H13NO2/c1-2-8-5(6)3-4-7/h5,7H,2-4,6H2,1H3. The SMILES string of the molecule is CCOC(N)CCO. The molecule has 0 bridgehead atoms. The Bertz CT molecular complexity index is 43.7. The lowest BCUT2D eigenvalue weighted by Crippen LogP contribution is -2.24. The molecule has 0 aliphatic carbocycles. The summed E-state index contributed by atoms with van der Waals surface area (Å²) in [5.74, 6) is 0. The molecule has 1 atom stereocenters. The molecule has 0 aliphatic heterocycles. The van der Waals surface area contributed by atoms with E-state index in [0.717, 1.165) is 0 Å². The molecule has 0 saturated carbocycles. The van der Waals surface area contributed by atoms with Gasteiger partial charge in [0.15, 0.2) is 0 Å². The van der Waals surface area contributed by atoms with Gasteiger partial charge in [-0.3, -0.25) is 0 Å². The van der Waals surface area contributed by atoms with Gasteiger partial charge in [0.25, 0.3) is 0 Å². The quantitative estimate of drug-likeness (QED) is 0.499. The molecule has 0 aromatic heterocycles. The predicted molar refractivity (Wildman–Crippen MR) is 31.3 cm³/mol. The highest BCUT2D eigenvalue weighted by Gasteiger charge is 1.96. The fraction of sp³-hybridized carbons (Fsp3) is 1.00. The van der Waals surface area contributed by atoms with Crippen molar-refractivity contribution in [2.24, 2.45) is 5.73 Å². The molecule has 0 rings (SSSR count). The molecular formula is C5H13NO2. The van der Waals surface area contributed by atoms with E-state index in [0.29, 0.717) is 13.0 Å². The molecule has 0 amide bonds. The first kappa shape index (κ1) is 7.88. The number of nitrogens with two attached hydrogens (primary N) is 1. The van der Waals surface area contributed by atoms with Gasteiger partial charge in [-0.25, -0.2) is 0 Å². The Morgan fingerprint density at radius 2 is 2.38 bits per heavy atom. The summed E-state index contributed by atoms with van der Waals surface area (Å²) in [4.78, 5) is 0. The van der Waals surface area contributed by atoms with Crippen LogP contribution in [0.5, 0.6) is 0 Å². The lowest BCUT2D eigenvalue weighted by molar-refractivity contribution is 0.0486. The van der Waals surface area contributed by atoms with Crippen LogP contribution < -0.4 is 5.73 Å². The van der Waals surface area contributed by atoms with E-state index in [2.05, 4.69) is 0 Å². The van der Waals surface area contributed by atoms with Gasteiger partial charge in [0.05, 0.1) is 0 Å². The zero-order valence-electron chi connectivity index (χ0n) is 5.13. The van der Waals surface area contributed by atoms with E-state index in [1.165, 1.54) is 0 Å². The molecule has 3 heteroatoms. The van der Waals surface area contributed by atoms with Crippen molar-refractivity contribution in [1.82, 2.24) is 0 Å². The van der Waals surface area contributed by atoms with E-state index >= 15 is 0 Å². The highest BCUT2D eigenvalue weighted by atomic mass is 16.5. The normalized spacial score (nSPS) is 13.9. The Labute approximate surface area is 49.4 Å². The summed E-state index contributed by atoms with van der Waals surface area (Å²) in [6, 6.07) is 0. The number of rotatable bonds is 4. The summed E-state index contributed by atoms with van der Waals surface area (Å²) in [6.07, 6.45) is 0.235. The molecule has 0 fully saturated rings. The predicted octanol–water partition coefficient (Wildman–Crippen LogP) is -0.310. The van der Waals surface area contributed by atoms with Gasteiger partial charge in [0.1, 0.15) is 6.23 Å². The maximum Gasteiger partial charge on any atom is 0.107 e. The summed E-state index contributed by atoms with van der Waals surface area (Å²) in [5.41, 5.74) is 5.31. The maximum absolute atomic E-state index is 8.30. The Hall–Kier alpha value is -0.120. The molecular weight excluding hydrogens is 106 g/mol. The number of aliphatic hydroxyl groups excluding tert-OH is 1. The zero-order valence-corrected chi connectivity index (χ0v) is 5.13. The van der Waals surface area contributed by atoms with E-state index < -0.39 is 0 Å². The van der Waals surface area contributed by atoms with Crippen molar-refractivity contribution in [3.63, 3.8) is 0 Å². The first-order chi connectivity index (χ1) is 3.81. The van der Waals surface area contributed by atoms with Crippen LogP contribution in [0.1, 0.15) is 13.3 Å². The van der Waals surface area contributed by atoms with Crippen molar-refractivity contribution in [2.45, 2.75) is 19.6 Å². The van der Waals surface area contributed by atoms with Crippen LogP contribution in [0.15, 0.2) is 0 Å². The zero-order chi connectivity index (χ0) is 6.41. The van der Waals surface area contributed by atoms with Crippen LogP contribution >= 0.6 is 0 Å². The van der Waals surface area contributed by atoms with Crippen molar-refractivity contribution in [2.75, 3.05) is 13.2 Å². The van der Waals surface area contributed by atoms with Crippen LogP contribution in [0.4, 0.5) is 0 Å². The maximum atomic E-state index is 8.30. The lowest BCUT2D eigenvalue weighted by Gasteiger charge is -2.07. The van der Waals surface area contributed by atoms with E-state index in [-0.39, 0.29) is 12.8 Å². The lowest BCUT2D eigenvalue weighted by atomic mass is 10.4. The number of hydrogen-bond donors (Lipinski definition) is 2. The van der Waals surface area contributed by atoms with Gasteiger partial charge < -0.3 is 15.6 Å². The minimum Gasteiger partial charge on any atom is -0.396 e. The Balaban J connectivity index is 2.92. The van der Waals surface area contributed by atoms with Crippen molar-refractivity contribution in [1.29, 1.82) is 0 Å². The van der Waals surface area contributed by atoms with Gasteiger partial charge in [-0.1, -0.05) is 0 Å². The molecule has 1 unspecified atom stereocenters. The number of aliphatic hydroxyl groups is 1. The molecule has 0 radical (unpaired) electrons. The molecule has 0 aromatic rings. The topological polar surface area (TPSA) is 55.5 Å². The second-order valence-corrected chi connectivity index (χ2v) is 1.51. The van der Waals surface area contributed by atoms with Crippen molar-refractivity contribution < 1.29 is 9.84 Å². The monoisotopic (exact) mass is 119 g/mol. The summed E-state index contributed by atoms with van der Waals surface area (Å²) in [5, 5.41) is 8.30. The fourth-order valence-electron chi connectivity index (χ4n) is 0.425. The molecule has 0 heterocycles.